The van der Waals surface area contributed by atoms with Gasteiger partial charge >= 0.3 is 0 Å². The molecule has 0 aromatic heterocycles. The van der Waals surface area contributed by atoms with Crippen molar-refractivity contribution in [3.8, 4) is 0 Å². The number of halogens is 2. The number of benzene rings is 3. The minimum Gasteiger partial charge on any atom is -0.324 e. The van der Waals surface area contributed by atoms with Crippen molar-refractivity contribution >= 4 is 56.3 Å². The molecule has 0 aliphatic carbocycles. The second-order valence-corrected chi connectivity index (χ2v) is 10.3. The molecule has 0 saturated heterocycles. The topological polar surface area (TPSA) is 83.6 Å². The second-order valence-electron chi connectivity index (χ2n) is 7.54. The average molecular weight is 505 g/mol. The van der Waals surface area contributed by atoms with Gasteiger partial charge in [-0.1, -0.05) is 59.6 Å². The number of carbonyl (C=O) groups is 2. The van der Waals surface area contributed by atoms with Crippen LogP contribution in [0.1, 0.15) is 28.4 Å². The molecule has 1 N–H and O–H groups in total. The van der Waals surface area contributed by atoms with Crippen molar-refractivity contribution in [1.82, 2.24) is 0 Å². The van der Waals surface area contributed by atoms with Crippen LogP contribution >= 0.6 is 23.2 Å². The van der Waals surface area contributed by atoms with Crippen LogP contribution in [0.15, 0.2) is 66.7 Å². The summed E-state index contributed by atoms with van der Waals surface area (Å²) in [6, 6.07) is 16.8. The highest BCUT2D eigenvalue weighted by atomic mass is 35.5. The fourth-order valence-corrected chi connectivity index (χ4v) is 4.96. The molecule has 0 aliphatic rings. The summed E-state index contributed by atoms with van der Waals surface area (Å²) >= 11 is 12.2. The predicted octanol–water partition coefficient (Wildman–Crippen LogP) is 5.33. The summed E-state index contributed by atoms with van der Waals surface area (Å²) in [5.74, 6) is -0.948. The van der Waals surface area contributed by atoms with Crippen molar-refractivity contribution in [3.63, 3.8) is 0 Å². The molecule has 172 valence electrons. The standard InChI is InChI=1S/C24H22Cl2N2O4S/c1-15-9-10-19(26)14-22(15)28(33(3,31)32)16(2)24(30)27-21-12-11-18(25)13-20(21)23(29)17-7-5-4-6-8-17/h4-14,16H,1-3H3,(H,27,30)/t16-/m1/s1. The number of amides is 1. The zero-order valence-electron chi connectivity index (χ0n) is 18.2. The van der Waals surface area contributed by atoms with Crippen molar-refractivity contribution in [1.29, 1.82) is 0 Å². The molecule has 3 aromatic carbocycles. The Balaban J connectivity index is 1.98. The van der Waals surface area contributed by atoms with Crippen LogP contribution in [0.5, 0.6) is 0 Å². The van der Waals surface area contributed by atoms with Crippen molar-refractivity contribution in [2.75, 3.05) is 15.9 Å². The normalized spacial score (nSPS) is 12.2. The van der Waals surface area contributed by atoms with Gasteiger partial charge in [0.05, 0.1) is 17.6 Å². The molecule has 3 rings (SSSR count). The van der Waals surface area contributed by atoms with Crippen LogP contribution in [-0.2, 0) is 14.8 Å². The second kappa shape index (κ2) is 9.95. The first kappa shape index (κ1) is 24.8. The Morgan fingerprint density at radius 3 is 2.18 bits per heavy atom. The third-order valence-corrected chi connectivity index (χ3v) is 6.71. The molecular weight excluding hydrogens is 483 g/mol. The molecule has 0 spiro atoms. The van der Waals surface area contributed by atoms with Gasteiger partial charge in [0.2, 0.25) is 15.9 Å². The van der Waals surface area contributed by atoms with Gasteiger partial charge in [-0.3, -0.25) is 13.9 Å². The largest absolute Gasteiger partial charge is 0.324 e. The van der Waals surface area contributed by atoms with Gasteiger partial charge in [0.25, 0.3) is 0 Å². The van der Waals surface area contributed by atoms with E-state index in [1.807, 2.05) is 0 Å². The van der Waals surface area contributed by atoms with Crippen LogP contribution in [0, 0.1) is 6.92 Å². The lowest BCUT2D eigenvalue weighted by molar-refractivity contribution is -0.116. The van der Waals surface area contributed by atoms with E-state index in [0.29, 0.717) is 26.9 Å². The van der Waals surface area contributed by atoms with Gasteiger partial charge in [0.15, 0.2) is 5.78 Å². The first-order chi connectivity index (χ1) is 15.5. The van der Waals surface area contributed by atoms with Crippen molar-refractivity contribution < 1.29 is 18.0 Å². The molecule has 0 radical (unpaired) electrons. The first-order valence-corrected chi connectivity index (χ1v) is 12.5. The summed E-state index contributed by atoms with van der Waals surface area (Å²) in [6.07, 6.45) is 1.02. The van der Waals surface area contributed by atoms with Crippen molar-refractivity contribution in [2.45, 2.75) is 19.9 Å². The number of nitrogens with zero attached hydrogens (tertiary/aromatic N) is 1. The van der Waals surface area contributed by atoms with Gasteiger partial charge in [-0.05, 0) is 49.7 Å². The lowest BCUT2D eigenvalue weighted by atomic mass is 10.0. The van der Waals surface area contributed by atoms with E-state index in [9.17, 15) is 18.0 Å². The Bertz CT molecular complexity index is 1310. The van der Waals surface area contributed by atoms with Gasteiger partial charge in [0.1, 0.15) is 6.04 Å². The molecule has 0 bridgehead atoms. The lowest BCUT2D eigenvalue weighted by Gasteiger charge is -2.29. The Hall–Kier alpha value is -2.87. The number of hydrogen-bond donors (Lipinski definition) is 1. The molecule has 6 nitrogen and oxygen atoms in total. The molecule has 33 heavy (non-hydrogen) atoms. The average Bonchev–Trinajstić information content (AvgIpc) is 2.76. The van der Waals surface area contributed by atoms with Crippen LogP contribution in [0.25, 0.3) is 0 Å². The van der Waals surface area contributed by atoms with E-state index >= 15 is 0 Å². The number of anilines is 2. The highest BCUT2D eigenvalue weighted by molar-refractivity contribution is 7.92. The van der Waals surface area contributed by atoms with E-state index in [1.54, 1.807) is 55.5 Å². The molecule has 9 heteroatoms. The number of carbonyl (C=O) groups excluding carboxylic acids is 2. The molecular formula is C24H22Cl2N2O4S. The summed E-state index contributed by atoms with van der Waals surface area (Å²) in [4.78, 5) is 26.2. The third kappa shape index (κ3) is 5.74. The fourth-order valence-electron chi connectivity index (χ4n) is 3.40. The number of nitrogens with one attached hydrogen (secondary N) is 1. The maximum Gasteiger partial charge on any atom is 0.248 e. The number of rotatable bonds is 7. The van der Waals surface area contributed by atoms with Gasteiger partial charge < -0.3 is 5.32 Å². The highest BCUT2D eigenvalue weighted by Gasteiger charge is 2.31. The molecule has 1 amide bonds. The Morgan fingerprint density at radius 2 is 1.55 bits per heavy atom. The summed E-state index contributed by atoms with van der Waals surface area (Å²) in [5.41, 5.74) is 1.77. The summed E-state index contributed by atoms with van der Waals surface area (Å²) < 4.78 is 26.3. The minimum absolute atomic E-state index is 0.194. The maximum atomic E-state index is 13.2. The van der Waals surface area contributed by atoms with Gasteiger partial charge in [0, 0.05) is 21.2 Å². The lowest BCUT2D eigenvalue weighted by Crippen LogP contribution is -2.45. The summed E-state index contributed by atoms with van der Waals surface area (Å²) in [5, 5.41) is 3.35. The molecule has 3 aromatic rings. The van der Waals surface area contributed by atoms with Gasteiger partial charge in [-0.25, -0.2) is 8.42 Å². The van der Waals surface area contributed by atoms with Crippen molar-refractivity contribution in [2.24, 2.45) is 0 Å². The van der Waals surface area contributed by atoms with Crippen LogP contribution in [0.2, 0.25) is 10.0 Å². The maximum absolute atomic E-state index is 13.2. The molecule has 0 unspecified atom stereocenters. The van der Waals surface area contributed by atoms with E-state index in [4.69, 9.17) is 23.2 Å². The van der Waals surface area contributed by atoms with Crippen molar-refractivity contribution in [3.05, 3.63) is 93.5 Å². The smallest absolute Gasteiger partial charge is 0.248 e. The molecule has 0 fully saturated rings. The predicted molar refractivity (Wildman–Crippen MR) is 133 cm³/mol. The van der Waals surface area contributed by atoms with Crippen LogP contribution < -0.4 is 9.62 Å². The first-order valence-electron chi connectivity index (χ1n) is 9.94. The van der Waals surface area contributed by atoms with E-state index in [-0.39, 0.29) is 17.0 Å². The number of hydrogen-bond acceptors (Lipinski definition) is 4. The van der Waals surface area contributed by atoms with Crippen LogP contribution in [0.3, 0.4) is 0 Å². The SMILES string of the molecule is Cc1ccc(Cl)cc1N([C@H](C)C(=O)Nc1ccc(Cl)cc1C(=O)c1ccccc1)S(C)(=O)=O. The fraction of sp³-hybridized carbons (Fsp3) is 0.167. The number of aryl methyl sites for hydroxylation is 1. The zero-order valence-corrected chi connectivity index (χ0v) is 20.5. The number of sulfonamides is 1. The van der Waals surface area contributed by atoms with E-state index in [0.717, 1.165) is 10.6 Å². The summed E-state index contributed by atoms with van der Waals surface area (Å²) in [7, 11) is -3.84. The van der Waals surface area contributed by atoms with Crippen LogP contribution in [0.4, 0.5) is 11.4 Å². The summed E-state index contributed by atoms with van der Waals surface area (Å²) in [6.45, 7) is 3.19. The molecule has 0 aliphatic heterocycles. The van der Waals surface area contributed by atoms with Gasteiger partial charge in [-0.15, -0.1) is 0 Å². The quantitative estimate of drug-likeness (QED) is 0.441. The van der Waals surface area contributed by atoms with E-state index in [2.05, 4.69) is 5.32 Å². The number of ketones is 1. The monoisotopic (exact) mass is 504 g/mol. The minimum atomic E-state index is -3.84. The third-order valence-electron chi connectivity index (χ3n) is 5.02. The Kier molecular flexibility index (Phi) is 7.47. The highest BCUT2D eigenvalue weighted by Crippen LogP contribution is 2.29. The Labute approximate surface area is 203 Å². The van der Waals surface area contributed by atoms with E-state index < -0.39 is 22.0 Å². The Morgan fingerprint density at radius 1 is 0.939 bits per heavy atom. The van der Waals surface area contributed by atoms with E-state index in [1.165, 1.54) is 25.1 Å². The van der Waals surface area contributed by atoms with Gasteiger partial charge in [-0.2, -0.15) is 0 Å². The molecule has 0 heterocycles. The molecule has 0 saturated carbocycles. The van der Waals surface area contributed by atoms with Crippen LogP contribution in [-0.4, -0.2) is 32.4 Å². The molecule has 1 atom stereocenters. The zero-order chi connectivity index (χ0) is 24.3.